The topological polar surface area (TPSA) is 324 Å². The van der Waals surface area contributed by atoms with Crippen LogP contribution in [0.3, 0.4) is 0 Å². The number of amides is 8. The molecule has 19 nitrogen and oxygen atoms in total. The van der Waals surface area contributed by atoms with Gasteiger partial charge in [0.1, 0.15) is 36.3 Å². The maximum absolute atomic E-state index is 13.6. The Morgan fingerprint density at radius 2 is 1.37 bits per heavy atom. The van der Waals surface area contributed by atoms with Gasteiger partial charge < -0.3 is 54.2 Å². The molecule has 1 rings (SSSR count). The van der Waals surface area contributed by atoms with E-state index in [4.69, 9.17) is 17.2 Å². The van der Waals surface area contributed by atoms with Gasteiger partial charge in [0.2, 0.25) is 47.3 Å². The van der Waals surface area contributed by atoms with E-state index in [2.05, 4.69) is 31.9 Å². The van der Waals surface area contributed by atoms with Crippen LogP contribution in [-0.2, 0) is 43.2 Å². The van der Waals surface area contributed by atoms with Gasteiger partial charge in [0.15, 0.2) is 0 Å². The highest BCUT2D eigenvalue weighted by atomic mass is 33.1. The third kappa shape index (κ3) is 15.8. The van der Waals surface area contributed by atoms with Crippen molar-refractivity contribution in [3.63, 3.8) is 0 Å². The third-order valence-electron chi connectivity index (χ3n) is 7.33. The van der Waals surface area contributed by atoms with E-state index in [0.717, 1.165) is 21.6 Å². The summed E-state index contributed by atoms with van der Waals surface area (Å²) < 4.78 is 0. The third-order valence-corrected chi connectivity index (χ3v) is 9.75. The van der Waals surface area contributed by atoms with Gasteiger partial charge in [0, 0.05) is 18.4 Å². The number of hydrogen-bond acceptors (Lipinski definition) is 12. The maximum atomic E-state index is 13.6. The fourth-order valence-corrected chi connectivity index (χ4v) is 6.79. The van der Waals surface area contributed by atoms with Gasteiger partial charge in [0.05, 0.1) is 12.8 Å². The minimum atomic E-state index is -1.79. The van der Waals surface area contributed by atoms with Crippen LogP contribution in [0, 0.1) is 5.92 Å². The molecule has 1 aliphatic rings. The van der Waals surface area contributed by atoms with Crippen molar-refractivity contribution in [2.45, 2.75) is 95.5 Å². The molecule has 0 saturated carbocycles. The lowest BCUT2D eigenvalue weighted by Gasteiger charge is -2.29. The molecule has 0 bridgehead atoms. The van der Waals surface area contributed by atoms with Crippen LogP contribution in [0.15, 0.2) is 0 Å². The first-order valence-electron chi connectivity index (χ1n) is 15.5. The second-order valence-electron chi connectivity index (χ2n) is 11.4. The summed E-state index contributed by atoms with van der Waals surface area (Å²) in [6, 6.07) is -8.49. The molecule has 0 aromatic rings. The van der Waals surface area contributed by atoms with Crippen LogP contribution in [0.1, 0.15) is 59.3 Å². The number of carboxylic acid groups (broad SMARTS) is 1. The summed E-state index contributed by atoms with van der Waals surface area (Å²) in [5, 5.41) is 24.0. The molecule has 7 atom stereocenters. The average molecular weight is 734 g/mol. The van der Waals surface area contributed by atoms with Crippen molar-refractivity contribution in [3.8, 4) is 0 Å². The molecule has 0 radical (unpaired) electrons. The minimum Gasteiger partial charge on any atom is -0.481 e. The second kappa shape index (κ2) is 21.8. The number of aliphatic carboxylic acids is 1. The van der Waals surface area contributed by atoms with E-state index in [1.807, 2.05) is 0 Å². The van der Waals surface area contributed by atoms with Gasteiger partial charge in [-0.1, -0.05) is 41.9 Å². The van der Waals surface area contributed by atoms with Crippen molar-refractivity contribution in [3.05, 3.63) is 0 Å². The molecule has 276 valence electrons. The first-order valence-corrected chi connectivity index (χ1v) is 18.0. The highest BCUT2D eigenvalue weighted by molar-refractivity contribution is 8.76. The number of carboxylic acids is 1. The summed E-state index contributed by atoms with van der Waals surface area (Å²) >= 11 is 0. The second-order valence-corrected chi connectivity index (χ2v) is 13.9. The predicted molar refractivity (Wildman–Crippen MR) is 180 cm³/mol. The zero-order chi connectivity index (χ0) is 37.3. The number of nitrogens with two attached hydrogens (primary N) is 3. The zero-order valence-corrected chi connectivity index (χ0v) is 29.2. The molecule has 21 heteroatoms. The van der Waals surface area contributed by atoms with Crippen molar-refractivity contribution in [1.29, 1.82) is 0 Å². The smallest absolute Gasteiger partial charge is 0.305 e. The van der Waals surface area contributed by atoms with Crippen molar-refractivity contribution in [2.75, 3.05) is 18.1 Å². The highest BCUT2D eigenvalue weighted by Crippen LogP contribution is 2.23. The number of rotatable bonds is 12. The average Bonchev–Trinajstić information content (AvgIpc) is 3.01. The molecule has 0 unspecified atom stereocenters. The quantitative estimate of drug-likeness (QED) is 0.0683. The molecule has 0 spiro atoms. The molecule has 13 N–H and O–H groups in total. The molecule has 8 amide bonds. The number of hydrogen-bond donors (Lipinski definition) is 10. The van der Waals surface area contributed by atoms with Crippen LogP contribution in [0.25, 0.3) is 0 Å². The lowest BCUT2D eigenvalue weighted by atomic mass is 9.96. The van der Waals surface area contributed by atoms with Gasteiger partial charge in [-0.05, 0) is 31.7 Å². The summed E-state index contributed by atoms with van der Waals surface area (Å²) in [5.41, 5.74) is 16.3. The van der Waals surface area contributed by atoms with Crippen LogP contribution in [0.2, 0.25) is 0 Å². The Morgan fingerprint density at radius 3 is 1.92 bits per heavy atom. The number of carbonyl (C=O) groups is 9. The van der Waals surface area contributed by atoms with E-state index in [1.54, 1.807) is 13.8 Å². The monoisotopic (exact) mass is 733 g/mol. The van der Waals surface area contributed by atoms with Crippen LogP contribution in [0.4, 0.5) is 0 Å². The molecule has 1 heterocycles. The van der Waals surface area contributed by atoms with Gasteiger partial charge in [-0.25, -0.2) is 0 Å². The molecule has 0 aliphatic carbocycles. The fraction of sp³-hybridized carbons (Fsp3) is 0.679. The van der Waals surface area contributed by atoms with Crippen molar-refractivity contribution >= 4 is 74.8 Å². The summed E-state index contributed by atoms with van der Waals surface area (Å²) in [4.78, 5) is 115. The summed E-state index contributed by atoms with van der Waals surface area (Å²) in [7, 11) is 2.05. The van der Waals surface area contributed by atoms with E-state index in [1.165, 1.54) is 6.92 Å². The Morgan fingerprint density at radius 1 is 0.816 bits per heavy atom. The molecule has 1 saturated heterocycles. The lowest BCUT2D eigenvalue weighted by Crippen LogP contribution is -2.61. The molecular weight excluding hydrogens is 686 g/mol. The first-order chi connectivity index (χ1) is 23.0. The van der Waals surface area contributed by atoms with Crippen LogP contribution >= 0.6 is 21.6 Å². The van der Waals surface area contributed by atoms with Gasteiger partial charge in [-0.3, -0.25) is 43.2 Å². The molecule has 0 aromatic carbocycles. The highest BCUT2D eigenvalue weighted by Gasteiger charge is 2.36. The van der Waals surface area contributed by atoms with Crippen LogP contribution in [0.5, 0.6) is 0 Å². The Bertz CT molecular complexity index is 1240. The van der Waals surface area contributed by atoms with E-state index in [9.17, 15) is 48.3 Å². The van der Waals surface area contributed by atoms with Gasteiger partial charge in [-0.15, -0.1) is 0 Å². The number of nitrogens with one attached hydrogen (secondary N) is 6. The molecule has 49 heavy (non-hydrogen) atoms. The van der Waals surface area contributed by atoms with Crippen LogP contribution in [-0.4, -0.2) is 113 Å². The standard InChI is InChI=1S/C28H47N9O10S2/c1-4-13(2)22-28(47)35-17(10-21(40)41)26(45)34-16(9-20(30)39)25(44)36-18(23(31)42)11-48-49-12-19(32-14(3)38)27(46)33-15(24(43)37-22)7-5-6-8-29/h13,15-19,22H,4-12,29H2,1-3H3,(H2,30,39)(H2,31,42)(H,32,38)(H,33,46)(H,34,45)(H,35,47)(H,36,44)(H,37,43)(H,40,41)/t13-,15-,16-,17-,18-,19-,22-/m0/s1. The van der Waals surface area contributed by atoms with Crippen molar-refractivity contribution in [2.24, 2.45) is 23.1 Å². The Labute approximate surface area is 291 Å². The SMILES string of the molecule is CC[C@H](C)[C@@H]1NC(=O)[C@H](CCCCN)NC(=O)[C@@H](NC(C)=O)CSSC[C@@H](C(N)=O)NC(=O)[C@H](CC(N)=O)NC(=O)[C@H](CC(=O)O)NC1=O. The van der Waals surface area contributed by atoms with E-state index in [0.29, 0.717) is 25.8 Å². The first kappa shape index (κ1) is 42.9. The Balaban J connectivity index is 3.66. The van der Waals surface area contributed by atoms with Gasteiger partial charge in [-0.2, -0.15) is 0 Å². The number of carbonyl (C=O) groups excluding carboxylic acids is 8. The predicted octanol–water partition coefficient (Wildman–Crippen LogP) is -3.68. The fourth-order valence-electron chi connectivity index (χ4n) is 4.45. The van der Waals surface area contributed by atoms with Crippen LogP contribution < -0.4 is 49.1 Å². The lowest BCUT2D eigenvalue weighted by molar-refractivity contribution is -0.142. The Hall–Kier alpha value is -4.11. The van der Waals surface area contributed by atoms with E-state index in [-0.39, 0.29) is 17.9 Å². The summed E-state index contributed by atoms with van der Waals surface area (Å²) in [6.07, 6.45) is -0.328. The molecule has 1 aliphatic heterocycles. The molecule has 1 fully saturated rings. The van der Waals surface area contributed by atoms with Crippen molar-refractivity contribution in [1.82, 2.24) is 31.9 Å². The van der Waals surface area contributed by atoms with Gasteiger partial charge in [0.25, 0.3) is 0 Å². The summed E-state index contributed by atoms with van der Waals surface area (Å²) in [6.45, 7) is 4.85. The molecular formula is C28H47N9O10S2. The molecule has 0 aromatic heterocycles. The zero-order valence-electron chi connectivity index (χ0n) is 27.6. The normalized spacial score (nSPS) is 25.7. The van der Waals surface area contributed by atoms with E-state index < -0.39 is 108 Å². The van der Waals surface area contributed by atoms with Gasteiger partial charge >= 0.3 is 5.97 Å². The van der Waals surface area contributed by atoms with E-state index >= 15 is 0 Å². The number of primary amides is 2. The number of unbranched alkanes of at least 4 members (excludes halogenated alkanes) is 1. The van der Waals surface area contributed by atoms with Crippen molar-refractivity contribution < 1.29 is 48.3 Å². The minimum absolute atomic E-state index is 0.0458. The maximum Gasteiger partial charge on any atom is 0.305 e. The largest absolute Gasteiger partial charge is 0.481 e. The summed E-state index contributed by atoms with van der Waals surface area (Å²) in [5.74, 6) is -9.48. The Kier molecular flexibility index (Phi) is 19.1.